The molecule has 4 rings (SSSR count). The number of nitrogens with zero attached hydrogens (tertiary/aromatic N) is 4. The van der Waals surface area contributed by atoms with Crippen LogP contribution in [-0.2, 0) is 0 Å². The van der Waals surface area contributed by atoms with Gasteiger partial charge < -0.3 is 15.2 Å². The maximum absolute atomic E-state index is 13.0. The Bertz CT molecular complexity index is 1550. The number of carbonyl (C=O) groups excluding carboxylic acids is 1. The lowest BCUT2D eigenvalue weighted by atomic mass is 10.0. The molecule has 180 valence electrons. The number of aromatic hydroxyl groups is 1. The van der Waals surface area contributed by atoms with Gasteiger partial charge in [0, 0.05) is 29.3 Å². The molecule has 0 atom stereocenters. The Morgan fingerprint density at radius 1 is 0.917 bits per heavy atom. The Morgan fingerprint density at radius 3 is 2.36 bits per heavy atom. The van der Waals surface area contributed by atoms with Crippen LogP contribution in [0, 0.1) is 20.2 Å². The SMILES string of the molecule is COc1cc([N+](=O)[O-])ccc1N=Nc1c(O)c(C(=O)Nc2cccc([N+](=O)[O-])c2)cc2ccccc12. The summed E-state index contributed by atoms with van der Waals surface area (Å²) in [5, 5.41) is 44.8. The highest BCUT2D eigenvalue weighted by molar-refractivity contribution is 6.11. The fourth-order valence-corrected chi connectivity index (χ4v) is 3.45. The van der Waals surface area contributed by atoms with Gasteiger partial charge in [-0.2, -0.15) is 0 Å². The molecule has 36 heavy (non-hydrogen) atoms. The van der Waals surface area contributed by atoms with Crippen molar-refractivity contribution >= 4 is 45.1 Å². The van der Waals surface area contributed by atoms with E-state index in [4.69, 9.17) is 4.74 Å². The summed E-state index contributed by atoms with van der Waals surface area (Å²) in [6, 6.07) is 17.5. The summed E-state index contributed by atoms with van der Waals surface area (Å²) in [5.41, 5.74) is -0.220. The number of hydrogen-bond donors (Lipinski definition) is 2. The largest absolute Gasteiger partial charge is 0.505 e. The number of rotatable bonds is 7. The predicted molar refractivity (Wildman–Crippen MR) is 130 cm³/mol. The average Bonchev–Trinajstić information content (AvgIpc) is 2.87. The summed E-state index contributed by atoms with van der Waals surface area (Å²) in [4.78, 5) is 33.9. The Balaban J connectivity index is 1.76. The van der Waals surface area contributed by atoms with Crippen molar-refractivity contribution in [2.45, 2.75) is 0 Å². The summed E-state index contributed by atoms with van der Waals surface area (Å²) in [6.07, 6.45) is 0. The number of phenolic OH excluding ortho intramolecular Hbond substituents is 1. The Morgan fingerprint density at radius 2 is 1.64 bits per heavy atom. The molecule has 0 spiro atoms. The van der Waals surface area contributed by atoms with Gasteiger partial charge in [-0.15, -0.1) is 10.2 Å². The van der Waals surface area contributed by atoms with Crippen LogP contribution < -0.4 is 10.1 Å². The highest BCUT2D eigenvalue weighted by Gasteiger charge is 2.20. The first-order valence-corrected chi connectivity index (χ1v) is 10.3. The lowest BCUT2D eigenvalue weighted by Crippen LogP contribution is -2.12. The summed E-state index contributed by atoms with van der Waals surface area (Å²) < 4.78 is 5.16. The van der Waals surface area contributed by atoms with E-state index in [0.717, 1.165) is 0 Å². The molecule has 2 N–H and O–H groups in total. The van der Waals surface area contributed by atoms with E-state index >= 15 is 0 Å². The van der Waals surface area contributed by atoms with Gasteiger partial charge in [-0.05, 0) is 23.6 Å². The lowest BCUT2D eigenvalue weighted by molar-refractivity contribution is -0.385. The molecule has 0 saturated heterocycles. The number of carbonyl (C=O) groups is 1. The van der Waals surface area contributed by atoms with E-state index in [9.17, 15) is 30.1 Å². The minimum atomic E-state index is -0.719. The van der Waals surface area contributed by atoms with Gasteiger partial charge in [0.05, 0.1) is 28.6 Å². The number of hydrogen-bond acceptors (Lipinski definition) is 9. The van der Waals surface area contributed by atoms with Gasteiger partial charge in [0.25, 0.3) is 17.3 Å². The van der Waals surface area contributed by atoms with Crippen molar-refractivity contribution in [3.63, 3.8) is 0 Å². The molecule has 0 aliphatic rings. The van der Waals surface area contributed by atoms with Crippen LogP contribution in [0.2, 0.25) is 0 Å². The Kier molecular flexibility index (Phi) is 6.50. The van der Waals surface area contributed by atoms with Gasteiger partial charge in [0.1, 0.15) is 11.4 Å². The molecule has 0 bridgehead atoms. The van der Waals surface area contributed by atoms with Gasteiger partial charge >= 0.3 is 0 Å². The van der Waals surface area contributed by atoms with Crippen molar-refractivity contribution in [3.05, 3.63) is 98.6 Å². The van der Waals surface area contributed by atoms with Crippen LogP contribution in [0.25, 0.3) is 10.8 Å². The molecule has 1 amide bonds. The van der Waals surface area contributed by atoms with Crippen molar-refractivity contribution < 1.29 is 24.5 Å². The second-order valence-corrected chi connectivity index (χ2v) is 7.42. The maximum atomic E-state index is 13.0. The van der Waals surface area contributed by atoms with Gasteiger partial charge in [-0.1, -0.05) is 30.3 Å². The third-order valence-electron chi connectivity index (χ3n) is 5.19. The van der Waals surface area contributed by atoms with E-state index in [1.54, 1.807) is 24.3 Å². The number of ether oxygens (including phenoxy) is 1. The molecule has 0 heterocycles. The van der Waals surface area contributed by atoms with Crippen LogP contribution in [0.5, 0.6) is 11.5 Å². The molecule has 0 radical (unpaired) electrons. The molecule has 0 saturated carbocycles. The number of phenols is 1. The third kappa shape index (κ3) is 4.77. The first-order valence-electron chi connectivity index (χ1n) is 10.3. The van der Waals surface area contributed by atoms with Gasteiger partial charge in [-0.25, -0.2) is 0 Å². The lowest BCUT2D eigenvalue weighted by Gasteiger charge is -2.11. The number of fused-ring (bicyclic) bond motifs is 1. The van der Waals surface area contributed by atoms with Crippen molar-refractivity contribution in [2.24, 2.45) is 10.2 Å². The van der Waals surface area contributed by atoms with Crippen LogP contribution in [0.15, 0.2) is 83.0 Å². The molecule has 0 aromatic heterocycles. The van der Waals surface area contributed by atoms with Crippen LogP contribution in [0.3, 0.4) is 0 Å². The number of amides is 1. The minimum absolute atomic E-state index is 0.0160. The first-order chi connectivity index (χ1) is 17.3. The molecule has 0 aliphatic carbocycles. The molecular formula is C24H17N5O7. The first kappa shape index (κ1) is 23.8. The van der Waals surface area contributed by atoms with Gasteiger partial charge in [0.2, 0.25) is 0 Å². The third-order valence-corrected chi connectivity index (χ3v) is 5.19. The second-order valence-electron chi connectivity index (χ2n) is 7.42. The fourth-order valence-electron chi connectivity index (χ4n) is 3.45. The van der Waals surface area contributed by atoms with Crippen molar-refractivity contribution in [3.8, 4) is 11.5 Å². The van der Waals surface area contributed by atoms with Crippen molar-refractivity contribution in [1.82, 2.24) is 0 Å². The number of nitro groups is 2. The van der Waals surface area contributed by atoms with Crippen LogP contribution in [0.4, 0.5) is 28.4 Å². The van der Waals surface area contributed by atoms with Crippen LogP contribution in [0.1, 0.15) is 10.4 Å². The van der Waals surface area contributed by atoms with E-state index < -0.39 is 21.5 Å². The molecule has 0 aliphatic heterocycles. The zero-order valence-electron chi connectivity index (χ0n) is 18.6. The zero-order valence-corrected chi connectivity index (χ0v) is 18.6. The standard InChI is InChI=1S/C24H17N5O7/c1-36-21-13-17(29(34)35)9-10-20(21)26-27-22-18-8-3-2-5-14(18)11-19(23(22)30)24(31)25-15-6-4-7-16(12-15)28(32)33/h2-13,30H,1H3,(H,25,31). The molecule has 0 unspecified atom stereocenters. The smallest absolute Gasteiger partial charge is 0.273 e. The molecular weight excluding hydrogens is 470 g/mol. The molecule has 12 nitrogen and oxygen atoms in total. The highest BCUT2D eigenvalue weighted by Crippen LogP contribution is 2.41. The summed E-state index contributed by atoms with van der Waals surface area (Å²) in [7, 11) is 1.32. The maximum Gasteiger partial charge on any atom is 0.273 e. The van der Waals surface area contributed by atoms with Gasteiger partial charge in [-0.3, -0.25) is 25.0 Å². The zero-order chi connectivity index (χ0) is 25.8. The van der Waals surface area contributed by atoms with E-state index in [0.29, 0.717) is 10.8 Å². The summed E-state index contributed by atoms with van der Waals surface area (Å²) in [6.45, 7) is 0. The van der Waals surface area contributed by atoms with E-state index in [2.05, 4.69) is 15.5 Å². The van der Waals surface area contributed by atoms with E-state index in [1.165, 1.54) is 55.6 Å². The Hall–Kier alpha value is -5.39. The quantitative estimate of drug-likeness (QED) is 0.182. The number of anilines is 1. The average molecular weight is 487 g/mol. The Labute approximate surface area is 202 Å². The minimum Gasteiger partial charge on any atom is -0.505 e. The summed E-state index contributed by atoms with van der Waals surface area (Å²) in [5.74, 6) is -1.10. The molecule has 4 aromatic carbocycles. The van der Waals surface area contributed by atoms with Crippen molar-refractivity contribution in [1.29, 1.82) is 0 Å². The fraction of sp³-hybridized carbons (Fsp3) is 0.0417. The number of nitrogens with one attached hydrogen (secondary N) is 1. The highest BCUT2D eigenvalue weighted by atomic mass is 16.6. The van der Waals surface area contributed by atoms with Crippen LogP contribution >= 0.6 is 0 Å². The second kappa shape index (κ2) is 9.85. The summed E-state index contributed by atoms with van der Waals surface area (Å²) >= 11 is 0. The van der Waals surface area contributed by atoms with Crippen molar-refractivity contribution in [2.75, 3.05) is 12.4 Å². The van der Waals surface area contributed by atoms with E-state index in [1.807, 2.05) is 0 Å². The number of methoxy groups -OCH3 is 1. The molecule has 4 aromatic rings. The number of non-ortho nitro benzene ring substituents is 2. The van der Waals surface area contributed by atoms with Crippen LogP contribution in [-0.4, -0.2) is 28.0 Å². The van der Waals surface area contributed by atoms with E-state index in [-0.39, 0.29) is 39.7 Å². The molecule has 12 heteroatoms. The monoisotopic (exact) mass is 487 g/mol. The normalized spacial score (nSPS) is 10.9. The topological polar surface area (TPSA) is 170 Å². The number of nitro benzene ring substituents is 2. The number of benzene rings is 4. The number of azo groups is 1. The molecule has 0 fully saturated rings. The predicted octanol–water partition coefficient (Wildman–Crippen LogP) is 6.04. The van der Waals surface area contributed by atoms with Gasteiger partial charge in [0.15, 0.2) is 11.5 Å².